The molecule has 1 atom stereocenters. The summed E-state index contributed by atoms with van der Waals surface area (Å²) in [4.78, 5) is 3.91. The number of nitrogens with zero attached hydrogens (tertiary/aromatic N) is 2. The molecule has 0 amide bonds. The van der Waals surface area contributed by atoms with Crippen LogP contribution in [0.1, 0.15) is 24.4 Å². The maximum absolute atomic E-state index is 9.35. The zero-order valence-corrected chi connectivity index (χ0v) is 8.92. The summed E-state index contributed by atoms with van der Waals surface area (Å²) in [6.07, 6.45) is 1.30. The highest BCUT2D eigenvalue weighted by Gasteiger charge is 2.06. The molecular formula is C11H13N3O2. The number of phenolic OH excluding ortho intramolecular Hbond substituents is 1. The lowest BCUT2D eigenvalue weighted by atomic mass is 10.1. The molecule has 0 bridgehead atoms. The van der Waals surface area contributed by atoms with E-state index < -0.39 is 0 Å². The molecule has 0 fully saturated rings. The first-order valence-electron chi connectivity index (χ1n) is 5.03. The number of aromatic nitrogens is 2. The molecule has 1 unspecified atom stereocenters. The molecule has 5 heteroatoms. The van der Waals surface area contributed by atoms with Gasteiger partial charge in [-0.15, -0.1) is 0 Å². The van der Waals surface area contributed by atoms with Crippen LogP contribution >= 0.6 is 0 Å². The summed E-state index contributed by atoms with van der Waals surface area (Å²) in [5.74, 6) is 0.887. The van der Waals surface area contributed by atoms with Gasteiger partial charge in [0.1, 0.15) is 5.75 Å². The molecule has 0 radical (unpaired) electrons. The van der Waals surface area contributed by atoms with Crippen molar-refractivity contribution >= 4 is 0 Å². The predicted octanol–water partition coefficient (Wildman–Crippen LogP) is 1.63. The minimum absolute atomic E-state index is 0.116. The van der Waals surface area contributed by atoms with Crippen molar-refractivity contribution in [2.24, 2.45) is 0 Å². The molecule has 5 nitrogen and oxygen atoms in total. The molecular weight excluding hydrogens is 206 g/mol. The van der Waals surface area contributed by atoms with Gasteiger partial charge in [0.25, 0.3) is 0 Å². The molecule has 0 aliphatic carbocycles. The maximum atomic E-state index is 9.35. The minimum Gasteiger partial charge on any atom is -0.508 e. The van der Waals surface area contributed by atoms with Gasteiger partial charge in [-0.3, -0.25) is 0 Å². The van der Waals surface area contributed by atoms with Crippen LogP contribution in [0.4, 0.5) is 0 Å². The van der Waals surface area contributed by atoms with Crippen LogP contribution in [0.15, 0.2) is 35.2 Å². The average Bonchev–Trinajstić information content (AvgIpc) is 2.78. The van der Waals surface area contributed by atoms with Gasteiger partial charge in [-0.1, -0.05) is 17.3 Å². The fourth-order valence-corrected chi connectivity index (χ4v) is 1.43. The summed E-state index contributed by atoms with van der Waals surface area (Å²) in [6, 6.07) is 7.26. The first kappa shape index (κ1) is 10.6. The number of hydrogen-bond acceptors (Lipinski definition) is 5. The first-order chi connectivity index (χ1) is 7.75. The van der Waals surface area contributed by atoms with Gasteiger partial charge in [0.05, 0.1) is 6.54 Å². The average molecular weight is 219 g/mol. The van der Waals surface area contributed by atoms with Crippen LogP contribution in [0.2, 0.25) is 0 Å². The summed E-state index contributed by atoms with van der Waals surface area (Å²) in [5, 5.41) is 16.3. The third kappa shape index (κ3) is 2.58. The van der Waals surface area contributed by atoms with Crippen molar-refractivity contribution in [1.29, 1.82) is 0 Å². The molecule has 2 N–H and O–H groups in total. The standard InChI is InChI=1S/C11H13N3O2/c1-8(9-3-2-4-10(15)5-9)12-6-11-13-7-16-14-11/h2-5,7-8,12,15H,6H2,1H3. The number of hydrogen-bond donors (Lipinski definition) is 2. The Bertz CT molecular complexity index is 442. The normalized spacial score (nSPS) is 12.6. The van der Waals surface area contributed by atoms with Crippen molar-refractivity contribution < 1.29 is 9.63 Å². The van der Waals surface area contributed by atoms with E-state index in [1.807, 2.05) is 19.1 Å². The molecule has 0 spiro atoms. The Kier molecular flexibility index (Phi) is 3.16. The summed E-state index contributed by atoms with van der Waals surface area (Å²) >= 11 is 0. The van der Waals surface area contributed by atoms with Crippen LogP contribution in [0, 0.1) is 0 Å². The van der Waals surface area contributed by atoms with Crippen molar-refractivity contribution in [3.63, 3.8) is 0 Å². The summed E-state index contributed by atoms with van der Waals surface area (Å²) < 4.78 is 4.63. The molecule has 2 aromatic rings. The van der Waals surface area contributed by atoms with E-state index in [4.69, 9.17) is 0 Å². The van der Waals surface area contributed by atoms with Gasteiger partial charge in [0.2, 0.25) is 6.39 Å². The van der Waals surface area contributed by atoms with Crippen molar-refractivity contribution in [1.82, 2.24) is 15.5 Å². The van der Waals surface area contributed by atoms with E-state index in [2.05, 4.69) is 20.0 Å². The van der Waals surface area contributed by atoms with E-state index in [1.165, 1.54) is 6.39 Å². The van der Waals surface area contributed by atoms with Gasteiger partial charge >= 0.3 is 0 Å². The second-order valence-electron chi connectivity index (χ2n) is 3.55. The molecule has 0 saturated heterocycles. The highest BCUT2D eigenvalue weighted by molar-refractivity contribution is 5.28. The lowest BCUT2D eigenvalue weighted by molar-refractivity contribution is 0.405. The lowest BCUT2D eigenvalue weighted by Crippen LogP contribution is -2.18. The Morgan fingerprint density at radius 1 is 1.50 bits per heavy atom. The lowest BCUT2D eigenvalue weighted by Gasteiger charge is -2.12. The zero-order valence-electron chi connectivity index (χ0n) is 8.92. The molecule has 2 rings (SSSR count). The molecule has 0 aliphatic heterocycles. The molecule has 84 valence electrons. The Balaban J connectivity index is 1.95. The third-order valence-corrected chi connectivity index (χ3v) is 2.34. The Morgan fingerprint density at radius 3 is 3.06 bits per heavy atom. The Morgan fingerprint density at radius 2 is 2.38 bits per heavy atom. The second-order valence-corrected chi connectivity index (χ2v) is 3.55. The summed E-state index contributed by atoms with van der Waals surface area (Å²) in [6.45, 7) is 2.54. The smallest absolute Gasteiger partial charge is 0.213 e. The van der Waals surface area contributed by atoms with Gasteiger partial charge in [-0.2, -0.15) is 4.98 Å². The third-order valence-electron chi connectivity index (χ3n) is 2.34. The SMILES string of the molecule is CC(NCc1ncon1)c1cccc(O)c1. The van der Waals surface area contributed by atoms with Gasteiger partial charge in [-0.25, -0.2) is 0 Å². The molecule has 1 heterocycles. The summed E-state index contributed by atoms with van der Waals surface area (Å²) in [5.41, 5.74) is 1.02. The van der Waals surface area contributed by atoms with E-state index in [9.17, 15) is 5.11 Å². The molecule has 16 heavy (non-hydrogen) atoms. The van der Waals surface area contributed by atoms with Gasteiger partial charge in [0.15, 0.2) is 5.82 Å². The Labute approximate surface area is 93.1 Å². The molecule has 1 aromatic heterocycles. The van der Waals surface area contributed by atoms with Crippen LogP contribution < -0.4 is 5.32 Å². The summed E-state index contributed by atoms with van der Waals surface area (Å²) in [7, 11) is 0. The number of phenols is 1. The largest absolute Gasteiger partial charge is 0.508 e. The van der Waals surface area contributed by atoms with E-state index in [0.717, 1.165) is 5.56 Å². The Hall–Kier alpha value is -1.88. The van der Waals surface area contributed by atoms with E-state index in [-0.39, 0.29) is 11.8 Å². The molecule has 1 aromatic carbocycles. The monoisotopic (exact) mass is 219 g/mol. The quantitative estimate of drug-likeness (QED) is 0.817. The number of nitrogens with one attached hydrogen (secondary N) is 1. The number of benzene rings is 1. The van der Waals surface area contributed by atoms with Crippen LogP contribution in [-0.2, 0) is 6.54 Å². The van der Waals surface area contributed by atoms with Crippen LogP contribution in [-0.4, -0.2) is 15.2 Å². The van der Waals surface area contributed by atoms with Gasteiger partial charge < -0.3 is 14.9 Å². The topological polar surface area (TPSA) is 71.2 Å². The predicted molar refractivity (Wildman–Crippen MR) is 57.7 cm³/mol. The van der Waals surface area contributed by atoms with Crippen molar-refractivity contribution in [3.05, 3.63) is 42.0 Å². The maximum Gasteiger partial charge on any atom is 0.213 e. The van der Waals surface area contributed by atoms with Crippen molar-refractivity contribution in [2.45, 2.75) is 19.5 Å². The zero-order chi connectivity index (χ0) is 11.4. The molecule has 0 aliphatic rings. The highest BCUT2D eigenvalue weighted by Crippen LogP contribution is 2.17. The van der Waals surface area contributed by atoms with E-state index in [0.29, 0.717) is 12.4 Å². The number of aromatic hydroxyl groups is 1. The van der Waals surface area contributed by atoms with Crippen LogP contribution in [0.3, 0.4) is 0 Å². The van der Waals surface area contributed by atoms with Crippen LogP contribution in [0.5, 0.6) is 5.75 Å². The second kappa shape index (κ2) is 4.76. The minimum atomic E-state index is 0.116. The number of rotatable bonds is 4. The van der Waals surface area contributed by atoms with Crippen molar-refractivity contribution in [2.75, 3.05) is 0 Å². The van der Waals surface area contributed by atoms with Crippen molar-refractivity contribution in [3.8, 4) is 5.75 Å². The first-order valence-corrected chi connectivity index (χ1v) is 5.03. The fraction of sp³-hybridized carbons (Fsp3) is 0.273. The van der Waals surface area contributed by atoms with Gasteiger partial charge in [0, 0.05) is 6.04 Å². The van der Waals surface area contributed by atoms with E-state index >= 15 is 0 Å². The van der Waals surface area contributed by atoms with Crippen LogP contribution in [0.25, 0.3) is 0 Å². The highest BCUT2D eigenvalue weighted by atomic mass is 16.5. The van der Waals surface area contributed by atoms with Gasteiger partial charge in [-0.05, 0) is 24.6 Å². The fourth-order valence-electron chi connectivity index (χ4n) is 1.43. The molecule has 0 saturated carbocycles. The van der Waals surface area contributed by atoms with E-state index in [1.54, 1.807) is 12.1 Å².